The fraction of sp³-hybridized carbons (Fsp3) is 1.00. The standard InChI is InChI=1S/C9H20N2/c1-8(2)11-6-4-5-9(3,10)7-11/h8H,4-7,10H2,1-3H3/t9-/m0/s1. The Hall–Kier alpha value is -0.0800. The highest BCUT2D eigenvalue weighted by atomic mass is 15.2. The lowest BCUT2D eigenvalue weighted by Crippen LogP contribution is -2.53. The van der Waals surface area contributed by atoms with Gasteiger partial charge in [0.15, 0.2) is 0 Å². The lowest BCUT2D eigenvalue weighted by Gasteiger charge is -2.40. The van der Waals surface area contributed by atoms with E-state index < -0.39 is 0 Å². The molecule has 0 unspecified atom stereocenters. The first-order valence-corrected chi connectivity index (χ1v) is 4.54. The lowest BCUT2D eigenvalue weighted by molar-refractivity contribution is 0.128. The van der Waals surface area contributed by atoms with Crippen LogP contribution >= 0.6 is 0 Å². The van der Waals surface area contributed by atoms with Crippen molar-refractivity contribution < 1.29 is 0 Å². The first-order valence-electron chi connectivity index (χ1n) is 4.54. The van der Waals surface area contributed by atoms with Gasteiger partial charge in [-0.3, -0.25) is 4.90 Å². The molecule has 1 aliphatic rings. The number of nitrogens with two attached hydrogens (primary N) is 1. The smallest absolute Gasteiger partial charge is 0.0255 e. The summed E-state index contributed by atoms with van der Waals surface area (Å²) in [5, 5.41) is 0. The van der Waals surface area contributed by atoms with Crippen molar-refractivity contribution in [3.8, 4) is 0 Å². The van der Waals surface area contributed by atoms with E-state index in [4.69, 9.17) is 5.73 Å². The molecule has 1 atom stereocenters. The maximum Gasteiger partial charge on any atom is 0.0255 e. The Balaban J connectivity index is 2.46. The minimum Gasteiger partial charge on any atom is -0.324 e. The topological polar surface area (TPSA) is 29.3 Å². The second kappa shape index (κ2) is 3.11. The van der Waals surface area contributed by atoms with Crippen molar-refractivity contribution in [2.24, 2.45) is 5.73 Å². The molecule has 1 rings (SSSR count). The summed E-state index contributed by atoms with van der Waals surface area (Å²) in [6, 6.07) is 0.651. The zero-order valence-electron chi connectivity index (χ0n) is 7.93. The van der Waals surface area contributed by atoms with Crippen molar-refractivity contribution in [3.63, 3.8) is 0 Å². The van der Waals surface area contributed by atoms with Crippen LogP contribution < -0.4 is 5.73 Å². The number of likely N-dealkylation sites (tertiary alicyclic amines) is 1. The Morgan fingerprint density at radius 3 is 2.45 bits per heavy atom. The highest BCUT2D eigenvalue weighted by Crippen LogP contribution is 2.19. The first kappa shape index (κ1) is 9.01. The molecule has 0 aromatic rings. The van der Waals surface area contributed by atoms with E-state index in [1.165, 1.54) is 19.4 Å². The second-order valence-electron chi connectivity index (χ2n) is 4.32. The van der Waals surface area contributed by atoms with Gasteiger partial charge in [-0.25, -0.2) is 0 Å². The number of rotatable bonds is 1. The summed E-state index contributed by atoms with van der Waals surface area (Å²) in [6.45, 7) is 8.92. The van der Waals surface area contributed by atoms with Crippen molar-refractivity contribution in [1.29, 1.82) is 0 Å². The van der Waals surface area contributed by atoms with E-state index in [-0.39, 0.29) is 5.54 Å². The molecule has 0 amide bonds. The Bertz CT molecular complexity index is 130. The molecular formula is C9H20N2. The summed E-state index contributed by atoms with van der Waals surface area (Å²) in [6.07, 6.45) is 2.43. The molecule has 0 spiro atoms. The molecule has 2 N–H and O–H groups in total. The van der Waals surface area contributed by atoms with Crippen LogP contribution in [0, 0.1) is 0 Å². The number of hydrogen-bond acceptors (Lipinski definition) is 2. The van der Waals surface area contributed by atoms with Gasteiger partial charge < -0.3 is 5.73 Å². The molecule has 2 heteroatoms. The monoisotopic (exact) mass is 156 g/mol. The number of nitrogens with zero attached hydrogens (tertiary/aromatic N) is 1. The van der Waals surface area contributed by atoms with Crippen LogP contribution in [0.3, 0.4) is 0 Å². The Morgan fingerprint density at radius 2 is 2.09 bits per heavy atom. The summed E-state index contributed by atoms with van der Waals surface area (Å²) < 4.78 is 0. The Labute approximate surface area is 69.8 Å². The number of piperidine rings is 1. The normalized spacial score (nSPS) is 34.6. The van der Waals surface area contributed by atoms with Gasteiger partial charge >= 0.3 is 0 Å². The largest absolute Gasteiger partial charge is 0.324 e. The van der Waals surface area contributed by atoms with E-state index in [1.54, 1.807) is 0 Å². The van der Waals surface area contributed by atoms with Gasteiger partial charge in [-0.2, -0.15) is 0 Å². The molecule has 0 saturated carbocycles. The zero-order chi connectivity index (χ0) is 8.48. The molecule has 1 saturated heterocycles. The van der Waals surface area contributed by atoms with E-state index in [9.17, 15) is 0 Å². The van der Waals surface area contributed by atoms with Crippen molar-refractivity contribution >= 4 is 0 Å². The second-order valence-corrected chi connectivity index (χ2v) is 4.32. The van der Waals surface area contributed by atoms with Crippen LogP contribution in [0.2, 0.25) is 0 Å². The van der Waals surface area contributed by atoms with Crippen LogP contribution in [0.5, 0.6) is 0 Å². The molecule has 0 radical (unpaired) electrons. The van der Waals surface area contributed by atoms with Crippen LogP contribution in [0.4, 0.5) is 0 Å². The van der Waals surface area contributed by atoms with Crippen LogP contribution in [0.15, 0.2) is 0 Å². The third-order valence-electron chi connectivity index (χ3n) is 2.49. The third-order valence-corrected chi connectivity index (χ3v) is 2.49. The Morgan fingerprint density at radius 1 is 1.45 bits per heavy atom. The van der Waals surface area contributed by atoms with Gasteiger partial charge in [-0.1, -0.05) is 0 Å². The third kappa shape index (κ3) is 2.46. The van der Waals surface area contributed by atoms with Gasteiger partial charge in [0.25, 0.3) is 0 Å². The van der Waals surface area contributed by atoms with E-state index in [0.29, 0.717) is 6.04 Å². The molecule has 11 heavy (non-hydrogen) atoms. The van der Waals surface area contributed by atoms with Gasteiger partial charge in [0.1, 0.15) is 0 Å². The van der Waals surface area contributed by atoms with Gasteiger partial charge in [-0.05, 0) is 40.2 Å². The summed E-state index contributed by atoms with van der Waals surface area (Å²) in [5.41, 5.74) is 6.12. The zero-order valence-corrected chi connectivity index (χ0v) is 7.93. The predicted molar refractivity (Wildman–Crippen MR) is 48.5 cm³/mol. The molecule has 66 valence electrons. The predicted octanol–water partition coefficient (Wildman–Crippen LogP) is 1.21. The maximum absolute atomic E-state index is 6.06. The minimum absolute atomic E-state index is 0.0581. The number of hydrogen-bond donors (Lipinski definition) is 1. The average Bonchev–Trinajstić information content (AvgIpc) is 1.85. The average molecular weight is 156 g/mol. The SMILES string of the molecule is CC(C)N1CCC[C@](C)(N)C1. The van der Waals surface area contributed by atoms with Crippen LogP contribution in [-0.2, 0) is 0 Å². The molecule has 2 nitrogen and oxygen atoms in total. The maximum atomic E-state index is 6.06. The highest BCUT2D eigenvalue weighted by molar-refractivity contribution is 4.88. The van der Waals surface area contributed by atoms with Crippen molar-refractivity contribution in [2.45, 2.75) is 45.2 Å². The molecule has 1 heterocycles. The van der Waals surface area contributed by atoms with Gasteiger partial charge in [0.05, 0.1) is 0 Å². The van der Waals surface area contributed by atoms with E-state index in [2.05, 4.69) is 25.7 Å². The minimum atomic E-state index is 0.0581. The van der Waals surface area contributed by atoms with E-state index >= 15 is 0 Å². The molecular weight excluding hydrogens is 136 g/mol. The fourth-order valence-electron chi connectivity index (χ4n) is 1.75. The van der Waals surface area contributed by atoms with Gasteiger partial charge in [0.2, 0.25) is 0 Å². The quantitative estimate of drug-likeness (QED) is 0.618. The summed E-state index contributed by atoms with van der Waals surface area (Å²) >= 11 is 0. The molecule has 0 aliphatic carbocycles. The van der Waals surface area contributed by atoms with E-state index in [0.717, 1.165) is 6.54 Å². The fourth-order valence-corrected chi connectivity index (χ4v) is 1.75. The summed E-state index contributed by atoms with van der Waals surface area (Å²) in [5.74, 6) is 0. The summed E-state index contributed by atoms with van der Waals surface area (Å²) in [4.78, 5) is 2.46. The van der Waals surface area contributed by atoms with Gasteiger partial charge in [0, 0.05) is 18.1 Å². The van der Waals surface area contributed by atoms with Gasteiger partial charge in [-0.15, -0.1) is 0 Å². The Kier molecular flexibility index (Phi) is 2.55. The van der Waals surface area contributed by atoms with Crippen LogP contribution in [0.1, 0.15) is 33.6 Å². The van der Waals surface area contributed by atoms with Crippen molar-refractivity contribution in [3.05, 3.63) is 0 Å². The molecule has 1 aliphatic heterocycles. The molecule has 1 fully saturated rings. The molecule has 0 aromatic heterocycles. The summed E-state index contributed by atoms with van der Waals surface area (Å²) in [7, 11) is 0. The van der Waals surface area contributed by atoms with Crippen molar-refractivity contribution in [2.75, 3.05) is 13.1 Å². The van der Waals surface area contributed by atoms with Crippen LogP contribution in [-0.4, -0.2) is 29.6 Å². The first-order chi connectivity index (χ1) is 5.01. The van der Waals surface area contributed by atoms with Crippen molar-refractivity contribution in [1.82, 2.24) is 4.90 Å². The van der Waals surface area contributed by atoms with Crippen LogP contribution in [0.25, 0.3) is 0 Å². The van der Waals surface area contributed by atoms with E-state index in [1.807, 2.05) is 0 Å². The lowest BCUT2D eigenvalue weighted by atomic mass is 9.92. The molecule has 0 bridgehead atoms. The highest BCUT2D eigenvalue weighted by Gasteiger charge is 2.27. The molecule has 0 aromatic carbocycles.